The number of rotatable bonds is 4. The molecule has 0 bridgehead atoms. The van der Waals surface area contributed by atoms with Crippen molar-refractivity contribution in [1.29, 1.82) is 0 Å². The first-order valence-electron chi connectivity index (χ1n) is 8.16. The fourth-order valence-corrected chi connectivity index (χ4v) is 3.08. The Labute approximate surface area is 136 Å². The van der Waals surface area contributed by atoms with Crippen LogP contribution in [0.2, 0.25) is 0 Å². The average Bonchev–Trinajstić information content (AvgIpc) is 2.53. The van der Waals surface area contributed by atoms with Gasteiger partial charge in [0, 0.05) is 25.4 Å². The molecule has 3 rings (SSSR count). The fourth-order valence-electron chi connectivity index (χ4n) is 3.08. The second-order valence-electron chi connectivity index (χ2n) is 6.31. The molecular weight excluding hydrogens is 290 g/mol. The van der Waals surface area contributed by atoms with Gasteiger partial charge in [-0.25, -0.2) is 14.6 Å². The maximum Gasteiger partial charge on any atom is 0.266 e. The summed E-state index contributed by atoms with van der Waals surface area (Å²) >= 11 is 0. The lowest BCUT2D eigenvalue weighted by Crippen LogP contribution is -2.36. The predicted molar refractivity (Wildman–Crippen MR) is 88.0 cm³/mol. The Bertz CT molecular complexity index is 719. The molecule has 1 aliphatic heterocycles. The Kier molecular flexibility index (Phi) is 4.81. The van der Waals surface area contributed by atoms with Crippen molar-refractivity contribution in [3.63, 3.8) is 0 Å². The largest absolute Gasteiger partial charge is 0.297 e. The van der Waals surface area contributed by atoms with Crippen molar-refractivity contribution < 1.29 is 0 Å². The van der Waals surface area contributed by atoms with E-state index in [9.17, 15) is 4.79 Å². The van der Waals surface area contributed by atoms with Crippen molar-refractivity contribution in [3.8, 4) is 0 Å². The zero-order valence-electron chi connectivity index (χ0n) is 13.8. The maximum atomic E-state index is 11.9. The van der Waals surface area contributed by atoms with Crippen molar-refractivity contribution in [1.82, 2.24) is 24.6 Å². The second kappa shape index (κ2) is 7.00. The summed E-state index contributed by atoms with van der Waals surface area (Å²) in [7, 11) is 0. The van der Waals surface area contributed by atoms with Crippen LogP contribution < -0.4 is 5.56 Å². The van der Waals surface area contributed by atoms with Gasteiger partial charge in [-0.3, -0.25) is 9.69 Å². The summed E-state index contributed by atoms with van der Waals surface area (Å²) in [5, 5.41) is 4.34. The standard InChI is InChI=1S/C17H23N5O/c1-13-3-4-17(23)22(20-13)11-15-6-9-21(10-7-15)12-16-5-8-18-14(2)19-16/h3-5,8,15H,6-7,9-12H2,1-2H3. The molecular formula is C17H23N5O. The Hall–Kier alpha value is -2.08. The molecule has 0 aromatic carbocycles. The van der Waals surface area contributed by atoms with Crippen molar-refractivity contribution in [3.05, 3.63) is 52.0 Å². The Morgan fingerprint density at radius 2 is 1.96 bits per heavy atom. The zero-order chi connectivity index (χ0) is 16.2. The maximum absolute atomic E-state index is 11.9. The Balaban J connectivity index is 1.54. The van der Waals surface area contributed by atoms with Gasteiger partial charge in [-0.1, -0.05) is 0 Å². The van der Waals surface area contributed by atoms with Crippen LogP contribution in [0.4, 0.5) is 0 Å². The normalized spacial score (nSPS) is 16.6. The van der Waals surface area contributed by atoms with Gasteiger partial charge in [-0.05, 0) is 57.8 Å². The van der Waals surface area contributed by atoms with Crippen LogP contribution in [0, 0.1) is 19.8 Å². The quantitative estimate of drug-likeness (QED) is 0.857. The SMILES string of the molecule is Cc1ccc(=O)n(CC2CCN(Cc3ccnc(C)n3)CC2)n1. The van der Waals surface area contributed by atoms with Crippen LogP contribution in [0.15, 0.2) is 29.2 Å². The van der Waals surface area contributed by atoms with Gasteiger partial charge in [0.2, 0.25) is 0 Å². The Morgan fingerprint density at radius 3 is 2.70 bits per heavy atom. The number of aryl methyl sites for hydroxylation is 2. The number of likely N-dealkylation sites (tertiary alicyclic amines) is 1. The summed E-state index contributed by atoms with van der Waals surface area (Å²) in [4.78, 5) is 22.9. The van der Waals surface area contributed by atoms with Crippen LogP contribution in [-0.4, -0.2) is 37.7 Å². The van der Waals surface area contributed by atoms with Crippen LogP contribution in [0.25, 0.3) is 0 Å². The highest BCUT2D eigenvalue weighted by Crippen LogP contribution is 2.19. The van der Waals surface area contributed by atoms with E-state index in [0.29, 0.717) is 5.92 Å². The van der Waals surface area contributed by atoms with E-state index in [1.807, 2.05) is 26.1 Å². The van der Waals surface area contributed by atoms with Gasteiger partial charge in [0.1, 0.15) is 5.82 Å². The molecule has 122 valence electrons. The lowest BCUT2D eigenvalue weighted by atomic mass is 9.96. The monoisotopic (exact) mass is 313 g/mol. The van der Waals surface area contributed by atoms with Crippen molar-refractivity contribution in [2.75, 3.05) is 13.1 Å². The predicted octanol–water partition coefficient (Wildman–Crippen LogP) is 1.56. The molecule has 0 N–H and O–H groups in total. The van der Waals surface area contributed by atoms with E-state index in [1.54, 1.807) is 16.8 Å². The summed E-state index contributed by atoms with van der Waals surface area (Å²) < 4.78 is 1.61. The van der Waals surface area contributed by atoms with Gasteiger partial charge in [-0.2, -0.15) is 5.10 Å². The van der Waals surface area contributed by atoms with Crippen LogP contribution >= 0.6 is 0 Å². The number of piperidine rings is 1. The third-order valence-electron chi connectivity index (χ3n) is 4.36. The number of nitrogens with zero attached hydrogens (tertiary/aromatic N) is 5. The molecule has 6 heteroatoms. The van der Waals surface area contributed by atoms with E-state index in [1.165, 1.54) is 0 Å². The molecule has 1 fully saturated rings. The highest BCUT2D eigenvalue weighted by atomic mass is 16.1. The first kappa shape index (κ1) is 15.8. The minimum Gasteiger partial charge on any atom is -0.297 e. The van der Waals surface area contributed by atoms with Gasteiger partial charge in [-0.15, -0.1) is 0 Å². The third kappa shape index (κ3) is 4.22. The van der Waals surface area contributed by atoms with Gasteiger partial charge in [0.05, 0.1) is 11.4 Å². The average molecular weight is 313 g/mol. The van der Waals surface area contributed by atoms with Crippen LogP contribution in [0.1, 0.15) is 30.1 Å². The number of aromatic nitrogens is 4. The number of hydrogen-bond acceptors (Lipinski definition) is 5. The highest BCUT2D eigenvalue weighted by Gasteiger charge is 2.20. The molecule has 1 saturated heterocycles. The molecule has 0 amide bonds. The van der Waals surface area contributed by atoms with Crippen LogP contribution in [0.5, 0.6) is 0 Å². The summed E-state index contributed by atoms with van der Waals surface area (Å²) in [5.74, 6) is 1.34. The molecule has 0 unspecified atom stereocenters. The molecule has 2 aromatic rings. The minimum atomic E-state index is -0.00510. The zero-order valence-corrected chi connectivity index (χ0v) is 13.8. The third-order valence-corrected chi connectivity index (χ3v) is 4.36. The second-order valence-corrected chi connectivity index (χ2v) is 6.31. The lowest BCUT2D eigenvalue weighted by molar-refractivity contribution is 0.162. The van der Waals surface area contributed by atoms with Crippen LogP contribution in [0.3, 0.4) is 0 Å². The summed E-state index contributed by atoms with van der Waals surface area (Å²) in [5.41, 5.74) is 1.96. The first-order chi connectivity index (χ1) is 11.1. The Morgan fingerprint density at radius 1 is 1.17 bits per heavy atom. The topological polar surface area (TPSA) is 63.9 Å². The molecule has 0 radical (unpaired) electrons. The molecule has 3 heterocycles. The van der Waals surface area contributed by atoms with Crippen molar-refractivity contribution in [2.45, 2.75) is 39.8 Å². The molecule has 0 atom stereocenters. The molecule has 0 saturated carbocycles. The lowest BCUT2D eigenvalue weighted by Gasteiger charge is -2.31. The van der Waals surface area contributed by atoms with E-state index in [2.05, 4.69) is 20.0 Å². The number of hydrogen-bond donors (Lipinski definition) is 0. The molecule has 23 heavy (non-hydrogen) atoms. The van der Waals surface area contributed by atoms with Crippen molar-refractivity contribution in [2.24, 2.45) is 5.92 Å². The van der Waals surface area contributed by atoms with Gasteiger partial charge in [0.25, 0.3) is 5.56 Å². The van der Waals surface area contributed by atoms with E-state index in [0.717, 1.165) is 56.2 Å². The highest BCUT2D eigenvalue weighted by molar-refractivity contribution is 5.01. The van der Waals surface area contributed by atoms with E-state index < -0.39 is 0 Å². The smallest absolute Gasteiger partial charge is 0.266 e. The molecule has 2 aromatic heterocycles. The van der Waals surface area contributed by atoms with Crippen LogP contribution in [-0.2, 0) is 13.1 Å². The molecule has 0 aliphatic carbocycles. The van der Waals surface area contributed by atoms with Gasteiger partial charge in [0.15, 0.2) is 0 Å². The van der Waals surface area contributed by atoms with Gasteiger partial charge >= 0.3 is 0 Å². The molecule has 0 spiro atoms. The van der Waals surface area contributed by atoms with Gasteiger partial charge < -0.3 is 0 Å². The molecule has 6 nitrogen and oxygen atoms in total. The van der Waals surface area contributed by atoms with E-state index in [4.69, 9.17) is 0 Å². The van der Waals surface area contributed by atoms with Crippen molar-refractivity contribution >= 4 is 0 Å². The summed E-state index contributed by atoms with van der Waals surface area (Å²) in [6.45, 7) is 7.51. The summed E-state index contributed by atoms with van der Waals surface area (Å²) in [6.07, 6.45) is 4.00. The molecule has 1 aliphatic rings. The first-order valence-corrected chi connectivity index (χ1v) is 8.16. The van der Waals surface area contributed by atoms with E-state index >= 15 is 0 Å². The minimum absolute atomic E-state index is 0.00510. The van der Waals surface area contributed by atoms with E-state index in [-0.39, 0.29) is 5.56 Å². The summed E-state index contributed by atoms with van der Waals surface area (Å²) in [6, 6.07) is 5.36. The fraction of sp³-hybridized carbons (Fsp3) is 0.529.